The standard InChI is InChI=1S/C11H22N2O4/c1-7(2)5-8(3)13-11(16)12-6-9(17-4)10(14)15/h7-9H,5-6H2,1-4H3,(H,14,15)(H2,12,13,16). The lowest BCUT2D eigenvalue weighted by Gasteiger charge is -2.17. The molecular formula is C11H22N2O4. The molecule has 17 heavy (non-hydrogen) atoms. The van der Waals surface area contributed by atoms with Gasteiger partial charge >= 0.3 is 12.0 Å². The molecule has 0 aromatic carbocycles. The summed E-state index contributed by atoms with van der Waals surface area (Å²) in [6.45, 7) is 6.00. The largest absolute Gasteiger partial charge is 0.479 e. The fourth-order valence-electron chi connectivity index (χ4n) is 1.50. The van der Waals surface area contributed by atoms with Crippen molar-refractivity contribution in [2.45, 2.75) is 39.3 Å². The lowest BCUT2D eigenvalue weighted by atomic mass is 10.1. The Kier molecular flexibility index (Phi) is 7.29. The van der Waals surface area contributed by atoms with Crippen LogP contribution in [0.5, 0.6) is 0 Å². The summed E-state index contributed by atoms with van der Waals surface area (Å²) >= 11 is 0. The summed E-state index contributed by atoms with van der Waals surface area (Å²) in [7, 11) is 1.29. The van der Waals surface area contributed by atoms with Crippen LogP contribution in [0.3, 0.4) is 0 Å². The Hall–Kier alpha value is -1.30. The van der Waals surface area contributed by atoms with Crippen LogP contribution >= 0.6 is 0 Å². The molecule has 0 heterocycles. The number of hydrogen-bond donors (Lipinski definition) is 3. The number of urea groups is 1. The van der Waals surface area contributed by atoms with Gasteiger partial charge in [-0.05, 0) is 19.3 Å². The van der Waals surface area contributed by atoms with Gasteiger partial charge in [0.1, 0.15) is 0 Å². The zero-order valence-electron chi connectivity index (χ0n) is 10.8. The molecular weight excluding hydrogens is 224 g/mol. The van der Waals surface area contributed by atoms with Gasteiger partial charge in [-0.2, -0.15) is 0 Å². The smallest absolute Gasteiger partial charge is 0.334 e. The zero-order valence-corrected chi connectivity index (χ0v) is 10.8. The molecule has 0 rings (SSSR count). The number of aliphatic carboxylic acids is 1. The molecule has 0 bridgehead atoms. The van der Waals surface area contributed by atoms with E-state index in [2.05, 4.69) is 29.2 Å². The highest BCUT2D eigenvalue weighted by Crippen LogP contribution is 2.03. The SMILES string of the molecule is COC(CNC(=O)NC(C)CC(C)C)C(=O)O. The highest BCUT2D eigenvalue weighted by Gasteiger charge is 2.17. The van der Waals surface area contributed by atoms with Crippen LogP contribution in [0.15, 0.2) is 0 Å². The average molecular weight is 246 g/mol. The van der Waals surface area contributed by atoms with Crippen LogP contribution in [0.25, 0.3) is 0 Å². The maximum atomic E-state index is 11.4. The number of ether oxygens (including phenoxy) is 1. The number of rotatable bonds is 7. The molecule has 0 fully saturated rings. The number of carbonyl (C=O) groups is 2. The number of carboxylic acid groups (broad SMARTS) is 1. The summed E-state index contributed by atoms with van der Waals surface area (Å²) in [6, 6.07) is -0.317. The molecule has 0 aliphatic rings. The molecule has 6 nitrogen and oxygen atoms in total. The molecule has 0 aromatic heterocycles. The molecule has 0 radical (unpaired) electrons. The maximum absolute atomic E-state index is 11.4. The Morgan fingerprint density at radius 3 is 2.29 bits per heavy atom. The van der Waals surface area contributed by atoms with E-state index in [0.29, 0.717) is 5.92 Å². The van der Waals surface area contributed by atoms with Crippen molar-refractivity contribution in [3.63, 3.8) is 0 Å². The van der Waals surface area contributed by atoms with Gasteiger partial charge in [0.25, 0.3) is 0 Å². The van der Waals surface area contributed by atoms with Crippen LogP contribution in [-0.2, 0) is 9.53 Å². The predicted molar refractivity (Wildman–Crippen MR) is 63.9 cm³/mol. The number of carbonyl (C=O) groups excluding carboxylic acids is 1. The van der Waals surface area contributed by atoms with Gasteiger partial charge in [0.15, 0.2) is 6.10 Å². The van der Waals surface area contributed by atoms with Crippen molar-refractivity contribution in [2.24, 2.45) is 5.92 Å². The molecule has 0 aliphatic carbocycles. The van der Waals surface area contributed by atoms with Crippen LogP contribution < -0.4 is 10.6 Å². The Morgan fingerprint density at radius 1 is 1.29 bits per heavy atom. The van der Waals surface area contributed by atoms with Gasteiger partial charge in [0, 0.05) is 13.2 Å². The Morgan fingerprint density at radius 2 is 1.88 bits per heavy atom. The third-order valence-corrected chi connectivity index (χ3v) is 2.21. The quantitative estimate of drug-likeness (QED) is 0.620. The molecule has 0 spiro atoms. The van der Waals surface area contributed by atoms with E-state index in [-0.39, 0.29) is 18.6 Å². The maximum Gasteiger partial charge on any atom is 0.334 e. The number of hydrogen-bond acceptors (Lipinski definition) is 3. The number of methoxy groups -OCH3 is 1. The van der Waals surface area contributed by atoms with Gasteiger partial charge in [-0.15, -0.1) is 0 Å². The Labute approximate surface area is 102 Å². The van der Waals surface area contributed by atoms with Gasteiger partial charge in [-0.3, -0.25) is 0 Å². The molecule has 2 atom stereocenters. The van der Waals surface area contributed by atoms with E-state index in [4.69, 9.17) is 5.11 Å². The summed E-state index contributed by atoms with van der Waals surface area (Å²) in [5, 5.41) is 13.9. The summed E-state index contributed by atoms with van der Waals surface area (Å²) < 4.78 is 4.69. The van der Waals surface area contributed by atoms with Gasteiger partial charge < -0.3 is 20.5 Å². The first-order chi connectivity index (χ1) is 7.86. The van der Waals surface area contributed by atoms with Gasteiger partial charge in [-0.1, -0.05) is 13.8 Å². The van der Waals surface area contributed by atoms with Crippen molar-refractivity contribution < 1.29 is 19.4 Å². The fourth-order valence-corrected chi connectivity index (χ4v) is 1.50. The Balaban J connectivity index is 3.90. The van der Waals surface area contributed by atoms with Crippen molar-refractivity contribution in [2.75, 3.05) is 13.7 Å². The molecule has 2 unspecified atom stereocenters. The second-order valence-corrected chi connectivity index (χ2v) is 4.45. The van der Waals surface area contributed by atoms with Crippen molar-refractivity contribution in [3.8, 4) is 0 Å². The zero-order chi connectivity index (χ0) is 13.4. The summed E-state index contributed by atoms with van der Waals surface area (Å²) in [5.41, 5.74) is 0. The van der Waals surface area contributed by atoms with Gasteiger partial charge in [0.2, 0.25) is 0 Å². The fraction of sp³-hybridized carbons (Fsp3) is 0.818. The van der Waals surface area contributed by atoms with Gasteiger partial charge in [-0.25, -0.2) is 9.59 Å². The second kappa shape index (κ2) is 7.89. The molecule has 2 amide bonds. The molecule has 0 aromatic rings. The van der Waals surface area contributed by atoms with E-state index in [1.807, 2.05) is 6.92 Å². The first kappa shape index (κ1) is 15.7. The topological polar surface area (TPSA) is 87.7 Å². The summed E-state index contributed by atoms with van der Waals surface area (Å²) in [4.78, 5) is 22.0. The molecule has 3 N–H and O–H groups in total. The third kappa shape index (κ3) is 7.57. The van der Waals surface area contributed by atoms with E-state index >= 15 is 0 Å². The minimum absolute atomic E-state index is 0.0495. The van der Waals surface area contributed by atoms with Crippen molar-refractivity contribution >= 4 is 12.0 Å². The number of nitrogens with one attached hydrogen (secondary N) is 2. The first-order valence-electron chi connectivity index (χ1n) is 5.66. The second-order valence-electron chi connectivity index (χ2n) is 4.45. The molecule has 100 valence electrons. The third-order valence-electron chi connectivity index (χ3n) is 2.21. The minimum Gasteiger partial charge on any atom is -0.479 e. The normalized spacial score (nSPS) is 14.2. The lowest BCUT2D eigenvalue weighted by Crippen LogP contribution is -2.45. The molecule has 0 aliphatic heterocycles. The summed E-state index contributed by atoms with van der Waals surface area (Å²) in [5.74, 6) is -0.598. The monoisotopic (exact) mass is 246 g/mol. The highest BCUT2D eigenvalue weighted by atomic mass is 16.5. The van der Waals surface area contributed by atoms with E-state index in [1.54, 1.807) is 0 Å². The lowest BCUT2D eigenvalue weighted by molar-refractivity contribution is -0.147. The van der Waals surface area contributed by atoms with Crippen LogP contribution in [0.4, 0.5) is 4.79 Å². The van der Waals surface area contributed by atoms with Gasteiger partial charge in [0.05, 0.1) is 6.54 Å². The average Bonchev–Trinajstić information content (AvgIpc) is 2.16. The van der Waals surface area contributed by atoms with Crippen molar-refractivity contribution in [1.82, 2.24) is 10.6 Å². The highest BCUT2D eigenvalue weighted by molar-refractivity contribution is 5.76. The number of carboxylic acids is 1. The van der Waals surface area contributed by atoms with E-state index in [1.165, 1.54) is 7.11 Å². The van der Waals surface area contributed by atoms with Crippen LogP contribution in [-0.4, -0.2) is 42.9 Å². The van der Waals surface area contributed by atoms with E-state index in [9.17, 15) is 9.59 Å². The Bertz CT molecular complexity index is 256. The molecule has 0 saturated heterocycles. The van der Waals surface area contributed by atoms with E-state index in [0.717, 1.165) is 6.42 Å². The summed E-state index contributed by atoms with van der Waals surface area (Å²) in [6.07, 6.45) is -0.138. The van der Waals surface area contributed by atoms with Crippen LogP contribution in [0.2, 0.25) is 0 Å². The van der Waals surface area contributed by atoms with E-state index < -0.39 is 12.1 Å². The van der Waals surface area contributed by atoms with Crippen LogP contribution in [0, 0.1) is 5.92 Å². The first-order valence-corrected chi connectivity index (χ1v) is 5.66. The van der Waals surface area contributed by atoms with Crippen molar-refractivity contribution in [3.05, 3.63) is 0 Å². The predicted octanol–water partition coefficient (Wildman–Crippen LogP) is 0.820. The minimum atomic E-state index is -1.09. The van der Waals surface area contributed by atoms with Crippen molar-refractivity contribution in [1.29, 1.82) is 0 Å². The van der Waals surface area contributed by atoms with Crippen LogP contribution in [0.1, 0.15) is 27.2 Å². The molecule has 0 saturated carbocycles. The number of amides is 2. The molecule has 6 heteroatoms.